The standard InChI is InChI=1S/C17H28N6O7/c1-11(20-25)16(2,3)19-8-9-29-22-17(4,5)13(21-26)10-18-15(24)12-6-7-14(30-12)23(27)28/h6-7,19,22,25-26H,8-10H2,1-5H3,(H,18,24)/b20-11+,21-13+. The summed E-state index contributed by atoms with van der Waals surface area (Å²) in [6.45, 7) is 9.25. The van der Waals surface area contributed by atoms with Crippen LogP contribution in [-0.2, 0) is 4.84 Å². The van der Waals surface area contributed by atoms with Crippen LogP contribution in [0.4, 0.5) is 5.88 Å². The van der Waals surface area contributed by atoms with Crippen LogP contribution in [0.3, 0.4) is 0 Å². The minimum Gasteiger partial charge on any atom is -0.411 e. The van der Waals surface area contributed by atoms with Crippen LogP contribution in [0.25, 0.3) is 0 Å². The lowest BCUT2D eigenvalue weighted by molar-refractivity contribution is -0.402. The van der Waals surface area contributed by atoms with Gasteiger partial charge < -0.3 is 25.5 Å². The molecule has 168 valence electrons. The van der Waals surface area contributed by atoms with Crippen molar-refractivity contribution < 1.29 is 29.4 Å². The van der Waals surface area contributed by atoms with Crippen molar-refractivity contribution >= 4 is 23.2 Å². The number of nitrogens with one attached hydrogen (secondary N) is 3. The number of oxime groups is 2. The maximum absolute atomic E-state index is 12.0. The Morgan fingerprint density at radius 2 is 1.90 bits per heavy atom. The van der Waals surface area contributed by atoms with Gasteiger partial charge in [-0.2, -0.15) is 5.48 Å². The zero-order valence-electron chi connectivity index (χ0n) is 17.6. The fourth-order valence-electron chi connectivity index (χ4n) is 2.14. The van der Waals surface area contributed by atoms with Crippen molar-refractivity contribution in [2.24, 2.45) is 10.3 Å². The van der Waals surface area contributed by atoms with Gasteiger partial charge in [-0.3, -0.25) is 19.7 Å². The van der Waals surface area contributed by atoms with Crippen LogP contribution in [0.2, 0.25) is 0 Å². The number of rotatable bonds is 12. The van der Waals surface area contributed by atoms with E-state index in [2.05, 4.69) is 26.4 Å². The first-order valence-corrected chi connectivity index (χ1v) is 9.01. The molecule has 1 aromatic rings. The second-order valence-electron chi connectivity index (χ2n) is 7.44. The molecule has 1 heterocycles. The Kier molecular flexibility index (Phi) is 8.89. The highest BCUT2D eigenvalue weighted by Gasteiger charge is 2.28. The molecule has 30 heavy (non-hydrogen) atoms. The monoisotopic (exact) mass is 428 g/mol. The van der Waals surface area contributed by atoms with Crippen molar-refractivity contribution in [2.45, 2.75) is 45.7 Å². The summed E-state index contributed by atoms with van der Waals surface area (Å²) in [5.41, 5.74) is 1.94. The van der Waals surface area contributed by atoms with E-state index in [1.807, 2.05) is 13.8 Å². The summed E-state index contributed by atoms with van der Waals surface area (Å²) in [6, 6.07) is 2.24. The van der Waals surface area contributed by atoms with Gasteiger partial charge in [0, 0.05) is 6.54 Å². The van der Waals surface area contributed by atoms with E-state index in [4.69, 9.17) is 14.5 Å². The molecular formula is C17H28N6O7. The molecule has 1 aromatic heterocycles. The molecule has 0 aliphatic carbocycles. The van der Waals surface area contributed by atoms with E-state index in [-0.39, 0.29) is 24.6 Å². The van der Waals surface area contributed by atoms with Gasteiger partial charge in [-0.1, -0.05) is 10.3 Å². The lowest BCUT2D eigenvalue weighted by atomic mass is 9.99. The van der Waals surface area contributed by atoms with E-state index < -0.39 is 27.8 Å². The van der Waals surface area contributed by atoms with Crippen LogP contribution in [0.15, 0.2) is 26.9 Å². The third-order valence-corrected chi connectivity index (χ3v) is 4.41. The van der Waals surface area contributed by atoms with E-state index in [0.717, 1.165) is 6.07 Å². The van der Waals surface area contributed by atoms with E-state index in [1.165, 1.54) is 6.07 Å². The average Bonchev–Trinajstić information content (AvgIpc) is 3.17. The van der Waals surface area contributed by atoms with Crippen molar-refractivity contribution in [2.75, 3.05) is 19.7 Å². The van der Waals surface area contributed by atoms with Gasteiger partial charge >= 0.3 is 5.88 Å². The maximum atomic E-state index is 12.0. The summed E-state index contributed by atoms with van der Waals surface area (Å²) in [4.78, 5) is 27.3. The van der Waals surface area contributed by atoms with Crippen molar-refractivity contribution in [1.29, 1.82) is 0 Å². The molecule has 0 radical (unpaired) electrons. The van der Waals surface area contributed by atoms with Crippen molar-refractivity contribution in [3.8, 4) is 0 Å². The van der Waals surface area contributed by atoms with Crippen LogP contribution in [0.1, 0.15) is 45.2 Å². The average molecular weight is 428 g/mol. The van der Waals surface area contributed by atoms with Crippen LogP contribution in [0.5, 0.6) is 0 Å². The first-order valence-electron chi connectivity index (χ1n) is 9.01. The zero-order chi connectivity index (χ0) is 22.9. The minimum atomic E-state index is -0.949. The van der Waals surface area contributed by atoms with E-state index in [9.17, 15) is 20.1 Å². The zero-order valence-corrected chi connectivity index (χ0v) is 17.6. The van der Waals surface area contributed by atoms with Gasteiger partial charge in [0.25, 0.3) is 5.91 Å². The smallest absolute Gasteiger partial charge is 0.411 e. The molecule has 1 amide bonds. The summed E-state index contributed by atoms with van der Waals surface area (Å²) in [7, 11) is 0. The van der Waals surface area contributed by atoms with E-state index in [0.29, 0.717) is 12.3 Å². The topological polar surface area (TPSA) is 184 Å². The van der Waals surface area contributed by atoms with E-state index in [1.54, 1.807) is 20.8 Å². The van der Waals surface area contributed by atoms with E-state index >= 15 is 0 Å². The number of hydrogen-bond donors (Lipinski definition) is 5. The van der Waals surface area contributed by atoms with Crippen LogP contribution < -0.4 is 16.1 Å². The number of hydroxylamine groups is 1. The molecule has 0 fully saturated rings. The molecule has 5 N–H and O–H groups in total. The van der Waals surface area contributed by atoms with Gasteiger partial charge in [0.05, 0.1) is 41.7 Å². The Labute approximate surface area is 173 Å². The van der Waals surface area contributed by atoms with Gasteiger partial charge in [-0.05, 0) is 40.7 Å². The van der Waals surface area contributed by atoms with Crippen molar-refractivity contribution in [1.82, 2.24) is 16.1 Å². The number of nitrogens with zero attached hydrogens (tertiary/aromatic N) is 3. The second-order valence-corrected chi connectivity index (χ2v) is 7.44. The van der Waals surface area contributed by atoms with Gasteiger partial charge in [-0.25, -0.2) is 0 Å². The molecule has 0 atom stereocenters. The van der Waals surface area contributed by atoms with Gasteiger partial charge in [0.2, 0.25) is 0 Å². The number of furan rings is 1. The van der Waals surface area contributed by atoms with Gasteiger partial charge in [-0.15, -0.1) is 0 Å². The molecule has 0 aromatic carbocycles. The molecule has 0 aliphatic heterocycles. The maximum Gasteiger partial charge on any atom is 0.433 e. The molecule has 1 rings (SSSR count). The summed E-state index contributed by atoms with van der Waals surface area (Å²) in [5, 5.41) is 40.8. The van der Waals surface area contributed by atoms with Crippen LogP contribution >= 0.6 is 0 Å². The Bertz CT molecular complexity index is 800. The van der Waals surface area contributed by atoms with Crippen LogP contribution in [-0.4, -0.2) is 63.4 Å². The molecule has 0 saturated carbocycles. The van der Waals surface area contributed by atoms with Crippen molar-refractivity contribution in [3.63, 3.8) is 0 Å². The molecule has 13 heteroatoms. The Morgan fingerprint density at radius 3 is 2.43 bits per heavy atom. The molecule has 0 bridgehead atoms. The quantitative estimate of drug-likeness (QED) is 0.107. The summed E-state index contributed by atoms with van der Waals surface area (Å²) >= 11 is 0. The summed E-state index contributed by atoms with van der Waals surface area (Å²) < 4.78 is 4.82. The number of carbonyl (C=O) groups is 1. The third kappa shape index (κ3) is 7.09. The number of hydrogen-bond acceptors (Lipinski definition) is 11. The third-order valence-electron chi connectivity index (χ3n) is 4.41. The Morgan fingerprint density at radius 1 is 1.23 bits per heavy atom. The van der Waals surface area contributed by atoms with Crippen LogP contribution in [0, 0.1) is 10.1 Å². The largest absolute Gasteiger partial charge is 0.433 e. The highest BCUT2D eigenvalue weighted by molar-refractivity contribution is 5.99. The normalized spacial score (nSPS) is 13.4. The van der Waals surface area contributed by atoms with Gasteiger partial charge in [0.15, 0.2) is 5.76 Å². The van der Waals surface area contributed by atoms with Crippen molar-refractivity contribution in [3.05, 3.63) is 28.0 Å². The lowest BCUT2D eigenvalue weighted by Gasteiger charge is -2.28. The molecular weight excluding hydrogens is 400 g/mol. The highest BCUT2D eigenvalue weighted by atomic mass is 16.7. The fourth-order valence-corrected chi connectivity index (χ4v) is 2.14. The first kappa shape index (κ1) is 25.0. The Hall–Kier alpha value is -3.03. The summed E-state index contributed by atoms with van der Waals surface area (Å²) in [6.07, 6.45) is 0. The molecule has 0 aliphatic rings. The Balaban J connectivity index is 2.50. The number of carbonyl (C=O) groups excluding carboxylic acids is 1. The number of nitro groups is 1. The number of amides is 1. The molecule has 0 unspecified atom stereocenters. The molecule has 13 nitrogen and oxygen atoms in total. The summed E-state index contributed by atoms with van der Waals surface area (Å²) in [5.74, 6) is -1.49. The highest BCUT2D eigenvalue weighted by Crippen LogP contribution is 2.15. The first-order chi connectivity index (χ1) is 13.9. The second kappa shape index (κ2) is 10.7. The SMILES string of the molecule is C/C(=N\O)C(C)(C)NCCONC(C)(C)/C(CNC(=O)c1ccc([N+](=O)[O-])o1)=N/O. The lowest BCUT2D eigenvalue weighted by Crippen LogP contribution is -2.52. The molecule has 0 spiro atoms. The predicted octanol–water partition coefficient (Wildman–Crippen LogP) is 1.27. The fraction of sp³-hybridized carbons (Fsp3) is 0.588. The minimum absolute atomic E-state index is 0.147. The predicted molar refractivity (Wildman–Crippen MR) is 107 cm³/mol. The van der Waals surface area contributed by atoms with Gasteiger partial charge in [0.1, 0.15) is 4.92 Å². The molecule has 0 saturated heterocycles.